The van der Waals surface area contributed by atoms with Crippen LogP contribution in [0.2, 0.25) is 5.02 Å². The van der Waals surface area contributed by atoms with Gasteiger partial charge in [-0.1, -0.05) is 29.8 Å². The Hall–Kier alpha value is -3.18. The van der Waals surface area contributed by atoms with Crippen molar-refractivity contribution < 1.29 is 14.9 Å². The van der Waals surface area contributed by atoms with Gasteiger partial charge in [-0.3, -0.25) is 5.43 Å². The number of fused-ring (bicyclic) bond motifs is 1. The van der Waals surface area contributed by atoms with Crippen molar-refractivity contribution in [2.24, 2.45) is 5.10 Å². The zero-order chi connectivity index (χ0) is 18.8. The first-order valence-corrected chi connectivity index (χ1v) is 8.82. The van der Waals surface area contributed by atoms with E-state index >= 15 is 0 Å². The largest absolute Gasteiger partial charge is 0.508 e. The summed E-state index contributed by atoms with van der Waals surface area (Å²) in [5, 5.41) is 24.6. The molecule has 0 aromatic heterocycles. The highest BCUT2D eigenvalue weighted by atomic mass is 35.5. The number of aromatic hydroxyl groups is 2. The predicted molar refractivity (Wildman–Crippen MR) is 106 cm³/mol. The molecule has 0 fully saturated rings. The summed E-state index contributed by atoms with van der Waals surface area (Å²) in [6, 6.07) is 19.3. The maximum absolute atomic E-state index is 9.75. The molecule has 1 heterocycles. The van der Waals surface area contributed by atoms with Crippen LogP contribution in [0.5, 0.6) is 17.2 Å². The second-order valence-electron chi connectivity index (χ2n) is 6.25. The van der Waals surface area contributed by atoms with Crippen LogP contribution in [0.3, 0.4) is 0 Å². The average Bonchev–Trinajstić information content (AvgIpc) is 2.66. The number of hydrogen-bond donors (Lipinski definition) is 3. The molecule has 4 rings (SSSR count). The first kappa shape index (κ1) is 17.2. The number of hydrogen-bond acceptors (Lipinski definition) is 5. The molecule has 0 aliphatic carbocycles. The van der Waals surface area contributed by atoms with Crippen molar-refractivity contribution in [3.05, 3.63) is 82.9 Å². The van der Waals surface area contributed by atoms with Crippen LogP contribution in [0.4, 0.5) is 5.69 Å². The van der Waals surface area contributed by atoms with Crippen molar-refractivity contribution in [2.45, 2.75) is 5.92 Å². The van der Waals surface area contributed by atoms with E-state index in [0.717, 1.165) is 22.5 Å². The normalized spacial score (nSPS) is 17.2. The lowest BCUT2D eigenvalue weighted by molar-refractivity contribution is 0.300. The van der Waals surface area contributed by atoms with Gasteiger partial charge in [-0.25, -0.2) is 0 Å². The number of halogens is 1. The number of nitrogens with one attached hydrogen (secondary N) is 1. The van der Waals surface area contributed by atoms with Gasteiger partial charge in [-0.2, -0.15) is 5.10 Å². The average molecular weight is 381 g/mol. The number of phenols is 2. The Labute approximate surface area is 161 Å². The summed E-state index contributed by atoms with van der Waals surface area (Å²) in [4.78, 5) is 0. The fraction of sp³-hybridized carbons (Fsp3) is 0.0952. The molecule has 0 radical (unpaired) electrons. The fourth-order valence-electron chi connectivity index (χ4n) is 3.06. The fourth-order valence-corrected chi connectivity index (χ4v) is 3.25. The third-order valence-electron chi connectivity index (χ3n) is 4.40. The Morgan fingerprint density at radius 1 is 0.963 bits per heavy atom. The number of benzene rings is 3. The van der Waals surface area contributed by atoms with E-state index in [2.05, 4.69) is 10.5 Å². The number of ether oxygens (including phenoxy) is 1. The van der Waals surface area contributed by atoms with Crippen molar-refractivity contribution in [1.29, 1.82) is 0 Å². The molecule has 3 aromatic rings. The Morgan fingerprint density at radius 2 is 1.74 bits per heavy atom. The van der Waals surface area contributed by atoms with E-state index in [9.17, 15) is 10.2 Å². The highest BCUT2D eigenvalue weighted by molar-refractivity contribution is 6.30. The molecule has 3 aromatic carbocycles. The minimum absolute atomic E-state index is 0.130. The number of phenolic OH excluding ortho intramolecular Hbond substituents is 2. The molecule has 0 amide bonds. The summed E-state index contributed by atoms with van der Waals surface area (Å²) in [5.41, 5.74) is 6.38. The van der Waals surface area contributed by atoms with Gasteiger partial charge < -0.3 is 14.9 Å². The van der Waals surface area contributed by atoms with Crippen LogP contribution in [0.1, 0.15) is 17.0 Å². The molecule has 3 N–H and O–H groups in total. The molecule has 136 valence electrons. The summed E-state index contributed by atoms with van der Waals surface area (Å²) in [7, 11) is 0. The maximum Gasteiger partial charge on any atom is 0.132 e. The van der Waals surface area contributed by atoms with Crippen LogP contribution in [0.25, 0.3) is 0 Å². The summed E-state index contributed by atoms with van der Waals surface area (Å²) in [6.07, 6.45) is 0. The molecule has 0 spiro atoms. The van der Waals surface area contributed by atoms with Crippen LogP contribution >= 0.6 is 11.6 Å². The summed E-state index contributed by atoms with van der Waals surface area (Å²) in [5.74, 6) is 0.793. The van der Waals surface area contributed by atoms with Crippen molar-refractivity contribution in [3.8, 4) is 17.2 Å². The van der Waals surface area contributed by atoms with Crippen molar-refractivity contribution in [3.63, 3.8) is 0 Å². The quantitative estimate of drug-likeness (QED) is 0.573. The van der Waals surface area contributed by atoms with Gasteiger partial charge in [0.15, 0.2) is 0 Å². The van der Waals surface area contributed by atoms with Crippen LogP contribution in [0, 0.1) is 0 Å². The molecule has 0 bridgehead atoms. The molecular weight excluding hydrogens is 364 g/mol. The SMILES string of the molecule is Oc1ccc(C2COc3cc(O)ccc3/C2=N\Nc2cccc(Cl)c2)cc1. The lowest BCUT2D eigenvalue weighted by atomic mass is 9.88. The molecule has 1 unspecified atom stereocenters. The Morgan fingerprint density at radius 3 is 2.52 bits per heavy atom. The van der Waals surface area contributed by atoms with Crippen LogP contribution in [-0.4, -0.2) is 22.5 Å². The topological polar surface area (TPSA) is 74.1 Å². The molecule has 0 saturated heterocycles. The van der Waals surface area contributed by atoms with E-state index in [-0.39, 0.29) is 17.4 Å². The molecule has 27 heavy (non-hydrogen) atoms. The van der Waals surface area contributed by atoms with E-state index in [1.165, 1.54) is 0 Å². The molecular formula is C21H17ClN2O3. The highest BCUT2D eigenvalue weighted by Crippen LogP contribution is 2.35. The lowest BCUT2D eigenvalue weighted by Crippen LogP contribution is -2.27. The van der Waals surface area contributed by atoms with Gasteiger partial charge in [0.05, 0.1) is 17.3 Å². The Kier molecular flexibility index (Phi) is 4.60. The number of hydrazone groups is 1. The standard InChI is InChI=1S/C21H17ClN2O3/c22-14-2-1-3-15(10-14)23-24-21-18-9-8-17(26)11-20(18)27-12-19(21)13-4-6-16(25)7-5-13/h1-11,19,23,25-26H,12H2/b24-21+. The first-order chi connectivity index (χ1) is 13.1. The maximum atomic E-state index is 9.75. The molecule has 1 atom stereocenters. The number of nitrogens with zero attached hydrogens (tertiary/aromatic N) is 1. The molecule has 5 nitrogen and oxygen atoms in total. The van der Waals surface area contributed by atoms with E-state index in [0.29, 0.717) is 17.4 Å². The Balaban J connectivity index is 1.75. The van der Waals surface area contributed by atoms with Gasteiger partial charge >= 0.3 is 0 Å². The van der Waals surface area contributed by atoms with E-state index in [1.807, 2.05) is 24.3 Å². The molecule has 6 heteroatoms. The summed E-state index contributed by atoms with van der Waals surface area (Å²) >= 11 is 6.04. The lowest BCUT2D eigenvalue weighted by Gasteiger charge is -2.27. The van der Waals surface area contributed by atoms with E-state index in [1.54, 1.807) is 42.5 Å². The van der Waals surface area contributed by atoms with Crippen molar-refractivity contribution >= 4 is 23.0 Å². The zero-order valence-electron chi connectivity index (χ0n) is 14.3. The van der Waals surface area contributed by atoms with Crippen molar-refractivity contribution in [2.75, 3.05) is 12.0 Å². The summed E-state index contributed by atoms with van der Waals surface area (Å²) in [6.45, 7) is 0.372. The minimum Gasteiger partial charge on any atom is -0.508 e. The van der Waals surface area contributed by atoms with Gasteiger partial charge in [0.2, 0.25) is 0 Å². The minimum atomic E-state index is -0.130. The smallest absolute Gasteiger partial charge is 0.132 e. The Bertz CT molecular complexity index is 1000. The van der Waals surface area contributed by atoms with Gasteiger partial charge in [0, 0.05) is 16.7 Å². The second kappa shape index (κ2) is 7.21. The third-order valence-corrected chi connectivity index (χ3v) is 4.64. The first-order valence-electron chi connectivity index (χ1n) is 8.44. The van der Waals surface area contributed by atoms with E-state index < -0.39 is 0 Å². The molecule has 0 saturated carbocycles. The number of anilines is 1. The van der Waals surface area contributed by atoms with Gasteiger partial charge in [-0.05, 0) is 48.0 Å². The number of rotatable bonds is 3. The highest BCUT2D eigenvalue weighted by Gasteiger charge is 2.29. The van der Waals surface area contributed by atoms with E-state index in [4.69, 9.17) is 16.3 Å². The molecule has 1 aliphatic heterocycles. The van der Waals surface area contributed by atoms with Crippen molar-refractivity contribution in [1.82, 2.24) is 0 Å². The van der Waals surface area contributed by atoms with Gasteiger partial charge in [0.1, 0.15) is 23.9 Å². The summed E-state index contributed by atoms with van der Waals surface area (Å²) < 4.78 is 5.85. The van der Waals surface area contributed by atoms with Crippen LogP contribution < -0.4 is 10.2 Å². The van der Waals surface area contributed by atoms with Gasteiger partial charge in [0.25, 0.3) is 0 Å². The monoisotopic (exact) mass is 380 g/mol. The third kappa shape index (κ3) is 3.68. The van der Waals surface area contributed by atoms with Gasteiger partial charge in [-0.15, -0.1) is 0 Å². The predicted octanol–water partition coefficient (Wildman–Crippen LogP) is 4.74. The second-order valence-corrected chi connectivity index (χ2v) is 6.69. The molecule has 1 aliphatic rings. The van der Waals surface area contributed by atoms with Crippen LogP contribution in [0.15, 0.2) is 71.8 Å². The zero-order valence-corrected chi connectivity index (χ0v) is 15.0. The van der Waals surface area contributed by atoms with Crippen LogP contribution in [-0.2, 0) is 0 Å².